The van der Waals surface area contributed by atoms with E-state index in [9.17, 15) is 0 Å². The summed E-state index contributed by atoms with van der Waals surface area (Å²) in [7, 11) is 1.81. The Labute approximate surface area is 124 Å². The largest absolute Gasteiger partial charge is 0.383 e. The van der Waals surface area contributed by atoms with Gasteiger partial charge in [0.1, 0.15) is 11.5 Å². The molecule has 2 aromatic heterocycles. The zero-order valence-electron chi connectivity index (χ0n) is 10.8. The van der Waals surface area contributed by atoms with Gasteiger partial charge >= 0.3 is 0 Å². The van der Waals surface area contributed by atoms with Gasteiger partial charge in [0.15, 0.2) is 5.82 Å². The van der Waals surface area contributed by atoms with Gasteiger partial charge in [-0.05, 0) is 23.8 Å². The molecule has 0 spiro atoms. The third-order valence-electron chi connectivity index (χ3n) is 2.98. The van der Waals surface area contributed by atoms with Crippen LogP contribution in [0.4, 0.5) is 5.82 Å². The Kier molecular flexibility index (Phi) is 3.23. The highest BCUT2D eigenvalue weighted by Gasteiger charge is 2.19. The molecule has 0 unspecified atom stereocenters. The van der Waals surface area contributed by atoms with Crippen molar-refractivity contribution in [3.8, 4) is 22.6 Å². The number of aryl methyl sites for hydroxylation is 1. The Morgan fingerprint density at radius 3 is 2.60 bits per heavy atom. The van der Waals surface area contributed by atoms with Crippen molar-refractivity contribution in [2.75, 3.05) is 5.73 Å². The van der Waals surface area contributed by atoms with E-state index in [-0.39, 0.29) is 0 Å². The normalized spacial score (nSPS) is 10.7. The first-order chi connectivity index (χ1) is 9.66. The summed E-state index contributed by atoms with van der Waals surface area (Å²) in [6.07, 6.45) is 3.38. The van der Waals surface area contributed by atoms with E-state index in [1.54, 1.807) is 23.1 Å². The first-order valence-corrected chi connectivity index (χ1v) is 6.82. The molecule has 0 aliphatic rings. The van der Waals surface area contributed by atoms with Crippen LogP contribution in [0, 0.1) is 0 Å². The molecule has 5 nitrogen and oxygen atoms in total. The summed E-state index contributed by atoms with van der Waals surface area (Å²) in [5.74, 6) is 1.15. The monoisotopic (exact) mass is 329 g/mol. The summed E-state index contributed by atoms with van der Waals surface area (Å²) >= 11 is 3.47. The van der Waals surface area contributed by atoms with E-state index in [2.05, 4.69) is 31.0 Å². The molecule has 6 heteroatoms. The third kappa shape index (κ3) is 2.18. The molecule has 0 bridgehead atoms. The zero-order valence-corrected chi connectivity index (χ0v) is 12.4. The zero-order chi connectivity index (χ0) is 14.1. The van der Waals surface area contributed by atoms with Crippen molar-refractivity contribution >= 4 is 21.7 Å². The van der Waals surface area contributed by atoms with Crippen molar-refractivity contribution in [3.05, 3.63) is 47.2 Å². The van der Waals surface area contributed by atoms with Crippen molar-refractivity contribution in [2.45, 2.75) is 0 Å². The molecule has 0 saturated carbocycles. The minimum absolute atomic E-state index is 0.565. The van der Waals surface area contributed by atoms with Crippen LogP contribution >= 0.6 is 15.9 Å². The second-order valence-corrected chi connectivity index (χ2v) is 5.23. The summed E-state index contributed by atoms with van der Waals surface area (Å²) < 4.78 is 2.63. The van der Waals surface area contributed by atoms with Crippen molar-refractivity contribution < 1.29 is 0 Å². The first-order valence-electron chi connectivity index (χ1n) is 6.02. The molecule has 0 saturated heterocycles. The number of hydrogen-bond donors (Lipinski definition) is 1. The fraction of sp³-hybridized carbons (Fsp3) is 0.0714. The summed E-state index contributed by atoms with van der Waals surface area (Å²) in [6, 6.07) is 9.69. The van der Waals surface area contributed by atoms with Crippen LogP contribution < -0.4 is 5.73 Å². The van der Waals surface area contributed by atoms with E-state index in [0.29, 0.717) is 17.3 Å². The number of nitrogens with zero attached hydrogens (tertiary/aromatic N) is 4. The van der Waals surface area contributed by atoms with Gasteiger partial charge < -0.3 is 5.73 Å². The second kappa shape index (κ2) is 5.05. The maximum absolute atomic E-state index is 6.15. The van der Waals surface area contributed by atoms with Crippen molar-refractivity contribution in [2.24, 2.45) is 7.05 Å². The molecule has 0 fully saturated rings. The van der Waals surface area contributed by atoms with E-state index in [4.69, 9.17) is 5.73 Å². The Morgan fingerprint density at radius 2 is 1.90 bits per heavy atom. The Bertz CT molecular complexity index is 752. The molecule has 100 valence electrons. The van der Waals surface area contributed by atoms with Gasteiger partial charge in [0.2, 0.25) is 0 Å². The van der Waals surface area contributed by atoms with Gasteiger partial charge in [-0.15, -0.1) is 0 Å². The Morgan fingerprint density at radius 1 is 1.15 bits per heavy atom. The number of rotatable bonds is 2. The predicted molar refractivity (Wildman–Crippen MR) is 81.8 cm³/mol. The minimum Gasteiger partial charge on any atom is -0.383 e. The second-order valence-electron chi connectivity index (χ2n) is 4.32. The molecule has 0 atom stereocenters. The van der Waals surface area contributed by atoms with Gasteiger partial charge in [-0.25, -0.2) is 9.97 Å². The van der Waals surface area contributed by atoms with E-state index in [1.165, 1.54) is 0 Å². The SMILES string of the molecule is Cn1nc(-c2ncccn2)c(-c2cccc(Br)c2)c1N. The molecule has 3 aromatic rings. The summed E-state index contributed by atoms with van der Waals surface area (Å²) in [5, 5.41) is 4.44. The van der Waals surface area contributed by atoms with Crippen molar-refractivity contribution in [1.29, 1.82) is 0 Å². The lowest BCUT2D eigenvalue weighted by Gasteiger charge is -2.04. The number of benzene rings is 1. The quantitative estimate of drug-likeness (QED) is 0.784. The van der Waals surface area contributed by atoms with Gasteiger partial charge in [0.05, 0.1) is 5.56 Å². The van der Waals surface area contributed by atoms with Crippen LogP contribution in [0.25, 0.3) is 22.6 Å². The molecule has 0 radical (unpaired) electrons. The molecule has 0 aliphatic carbocycles. The number of aromatic nitrogens is 4. The lowest BCUT2D eigenvalue weighted by atomic mass is 10.1. The van der Waals surface area contributed by atoms with Crippen LogP contribution in [-0.2, 0) is 7.05 Å². The fourth-order valence-electron chi connectivity index (χ4n) is 2.04. The van der Waals surface area contributed by atoms with Gasteiger partial charge in [0.25, 0.3) is 0 Å². The highest BCUT2D eigenvalue weighted by molar-refractivity contribution is 9.10. The number of hydrogen-bond acceptors (Lipinski definition) is 4. The van der Waals surface area contributed by atoms with Crippen LogP contribution in [0.2, 0.25) is 0 Å². The highest BCUT2D eigenvalue weighted by Crippen LogP contribution is 2.35. The molecule has 2 heterocycles. The maximum Gasteiger partial charge on any atom is 0.180 e. The molecular weight excluding hydrogens is 318 g/mol. The standard InChI is InChI=1S/C14H12BrN5/c1-20-13(16)11(9-4-2-5-10(15)8-9)12(19-20)14-17-6-3-7-18-14/h2-8H,16H2,1H3. The average Bonchev–Trinajstić information content (AvgIpc) is 2.76. The van der Waals surface area contributed by atoms with Crippen molar-refractivity contribution in [1.82, 2.24) is 19.7 Å². The Balaban J connectivity index is 2.25. The maximum atomic E-state index is 6.15. The van der Waals surface area contributed by atoms with E-state index >= 15 is 0 Å². The summed E-state index contributed by atoms with van der Waals surface area (Å²) in [4.78, 5) is 8.52. The molecule has 0 aliphatic heterocycles. The molecule has 3 rings (SSSR count). The molecule has 1 aromatic carbocycles. The first kappa shape index (κ1) is 12.8. The Hall–Kier alpha value is -2.21. The smallest absolute Gasteiger partial charge is 0.180 e. The molecular formula is C14H12BrN5. The fourth-order valence-corrected chi connectivity index (χ4v) is 2.44. The van der Waals surface area contributed by atoms with Crippen LogP contribution in [-0.4, -0.2) is 19.7 Å². The van der Waals surface area contributed by atoms with E-state index < -0.39 is 0 Å². The minimum atomic E-state index is 0.565. The molecule has 2 N–H and O–H groups in total. The van der Waals surface area contributed by atoms with Gasteiger partial charge in [0, 0.05) is 23.9 Å². The third-order valence-corrected chi connectivity index (χ3v) is 3.48. The summed E-state index contributed by atoms with van der Waals surface area (Å²) in [5.41, 5.74) is 8.66. The number of halogens is 1. The number of nitrogen functional groups attached to an aromatic ring is 1. The highest BCUT2D eigenvalue weighted by atomic mass is 79.9. The van der Waals surface area contributed by atoms with Crippen LogP contribution in [0.5, 0.6) is 0 Å². The molecule has 0 amide bonds. The van der Waals surface area contributed by atoms with Gasteiger partial charge in [-0.3, -0.25) is 4.68 Å². The average molecular weight is 330 g/mol. The van der Waals surface area contributed by atoms with Gasteiger partial charge in [-0.1, -0.05) is 28.1 Å². The lowest BCUT2D eigenvalue weighted by Crippen LogP contribution is -1.98. The number of nitrogens with two attached hydrogens (primary N) is 1. The lowest BCUT2D eigenvalue weighted by molar-refractivity contribution is 0.780. The van der Waals surface area contributed by atoms with Crippen LogP contribution in [0.1, 0.15) is 0 Å². The van der Waals surface area contributed by atoms with Crippen LogP contribution in [0.3, 0.4) is 0 Å². The van der Waals surface area contributed by atoms with Gasteiger partial charge in [-0.2, -0.15) is 5.10 Å². The van der Waals surface area contributed by atoms with E-state index in [1.807, 2.05) is 31.3 Å². The number of anilines is 1. The summed E-state index contributed by atoms with van der Waals surface area (Å²) in [6.45, 7) is 0. The van der Waals surface area contributed by atoms with Crippen LogP contribution in [0.15, 0.2) is 47.2 Å². The topological polar surface area (TPSA) is 69.6 Å². The van der Waals surface area contributed by atoms with Crippen molar-refractivity contribution in [3.63, 3.8) is 0 Å². The van der Waals surface area contributed by atoms with E-state index in [0.717, 1.165) is 15.6 Å². The molecule has 20 heavy (non-hydrogen) atoms. The predicted octanol–water partition coefficient (Wildman–Crippen LogP) is 2.89.